The zero-order valence-corrected chi connectivity index (χ0v) is 12.9. The average Bonchev–Trinajstić information content (AvgIpc) is 3.30. The van der Waals surface area contributed by atoms with Crippen LogP contribution in [0, 0.1) is 0 Å². The molecule has 2 fully saturated rings. The van der Waals surface area contributed by atoms with Gasteiger partial charge in [-0.3, -0.25) is 19.2 Å². The van der Waals surface area contributed by atoms with E-state index < -0.39 is 17.8 Å². The lowest BCUT2D eigenvalue weighted by molar-refractivity contribution is -0.148. The molecular weight excluding hydrogens is 310 g/mol. The van der Waals surface area contributed by atoms with E-state index in [4.69, 9.17) is 5.11 Å². The first kappa shape index (κ1) is 16.6. The number of hydrogen-bond acceptors (Lipinski definition) is 5. The average molecular weight is 329 g/mol. The van der Waals surface area contributed by atoms with E-state index in [2.05, 4.69) is 5.32 Å². The van der Waals surface area contributed by atoms with E-state index in [1.807, 2.05) is 0 Å². The first-order chi connectivity index (χ1) is 10.5. The maximum absolute atomic E-state index is 11.9. The number of carbonyl (C=O) groups excluding carboxylic acids is 3. The molecule has 3 amide bonds. The van der Waals surface area contributed by atoms with Crippen LogP contribution in [-0.2, 0) is 19.2 Å². The van der Waals surface area contributed by atoms with E-state index in [0.29, 0.717) is 26.2 Å². The number of piperazine rings is 1. The van der Waals surface area contributed by atoms with Gasteiger partial charge in [-0.2, -0.15) is 0 Å². The first-order valence-electron chi connectivity index (χ1n) is 7.14. The van der Waals surface area contributed by atoms with Crippen LogP contribution < -0.4 is 5.32 Å². The number of aliphatic carboxylic acids is 1. The van der Waals surface area contributed by atoms with E-state index in [9.17, 15) is 19.2 Å². The molecule has 1 saturated carbocycles. The third-order valence-electron chi connectivity index (χ3n) is 3.48. The van der Waals surface area contributed by atoms with Crippen molar-refractivity contribution < 1.29 is 24.3 Å². The molecule has 0 aromatic carbocycles. The Balaban J connectivity index is 1.70. The van der Waals surface area contributed by atoms with Crippen molar-refractivity contribution in [2.75, 3.05) is 37.7 Å². The molecule has 2 rings (SSSR count). The minimum atomic E-state index is -0.949. The molecular formula is C13H19N3O5S. The van der Waals surface area contributed by atoms with E-state index in [-0.39, 0.29) is 23.5 Å². The summed E-state index contributed by atoms with van der Waals surface area (Å²) in [7, 11) is 0. The van der Waals surface area contributed by atoms with E-state index in [1.165, 1.54) is 4.90 Å². The van der Waals surface area contributed by atoms with Gasteiger partial charge in [0.15, 0.2) is 0 Å². The van der Waals surface area contributed by atoms with E-state index in [1.54, 1.807) is 4.90 Å². The standard InChI is InChI=1S/C13H19N3O5S/c17-10(7-22-8-11(18)19)15-3-5-16(6-4-15)13(21)12(20)14-9-1-2-9/h9H,1-8H2,(H,14,20)(H,18,19). The minimum absolute atomic E-state index is 0.106. The van der Waals surface area contributed by atoms with Gasteiger partial charge in [0.25, 0.3) is 0 Å². The Morgan fingerprint density at radius 3 is 2.14 bits per heavy atom. The summed E-state index contributed by atoms with van der Waals surface area (Å²) in [6.07, 6.45) is 1.85. The maximum atomic E-state index is 11.9. The lowest BCUT2D eigenvalue weighted by Gasteiger charge is -2.34. The van der Waals surface area contributed by atoms with Crippen molar-refractivity contribution >= 4 is 35.5 Å². The summed E-state index contributed by atoms with van der Waals surface area (Å²) >= 11 is 1.05. The molecule has 2 N–H and O–H groups in total. The van der Waals surface area contributed by atoms with Crippen LogP contribution in [0.1, 0.15) is 12.8 Å². The van der Waals surface area contributed by atoms with Crippen LogP contribution in [0.2, 0.25) is 0 Å². The number of nitrogens with zero attached hydrogens (tertiary/aromatic N) is 2. The highest BCUT2D eigenvalue weighted by molar-refractivity contribution is 8.00. The largest absolute Gasteiger partial charge is 0.481 e. The second kappa shape index (κ2) is 7.48. The van der Waals surface area contributed by atoms with Crippen LogP contribution in [0.4, 0.5) is 0 Å². The molecule has 0 spiro atoms. The summed E-state index contributed by atoms with van der Waals surface area (Å²) < 4.78 is 0. The van der Waals surface area contributed by atoms with Gasteiger partial charge in [-0.25, -0.2) is 0 Å². The number of carboxylic acid groups (broad SMARTS) is 1. The van der Waals surface area contributed by atoms with Crippen molar-refractivity contribution in [3.8, 4) is 0 Å². The Morgan fingerprint density at radius 1 is 1.00 bits per heavy atom. The Labute approximate surface area is 132 Å². The quantitative estimate of drug-likeness (QED) is 0.611. The summed E-state index contributed by atoms with van der Waals surface area (Å²) in [5.41, 5.74) is 0. The van der Waals surface area contributed by atoms with Gasteiger partial charge < -0.3 is 20.2 Å². The second-order valence-corrected chi connectivity index (χ2v) is 6.29. The van der Waals surface area contributed by atoms with Crippen molar-refractivity contribution in [3.63, 3.8) is 0 Å². The Kier molecular flexibility index (Phi) is 5.64. The van der Waals surface area contributed by atoms with Crippen LogP contribution in [0.25, 0.3) is 0 Å². The van der Waals surface area contributed by atoms with Crippen molar-refractivity contribution in [1.82, 2.24) is 15.1 Å². The molecule has 8 nitrogen and oxygen atoms in total. The molecule has 22 heavy (non-hydrogen) atoms. The first-order valence-corrected chi connectivity index (χ1v) is 8.30. The summed E-state index contributed by atoms with van der Waals surface area (Å²) in [4.78, 5) is 48.9. The van der Waals surface area contributed by atoms with Crippen LogP contribution >= 0.6 is 11.8 Å². The number of rotatable bonds is 5. The van der Waals surface area contributed by atoms with E-state index >= 15 is 0 Å². The van der Waals surface area contributed by atoms with Crippen LogP contribution in [-0.4, -0.2) is 82.3 Å². The van der Waals surface area contributed by atoms with Crippen molar-refractivity contribution in [1.29, 1.82) is 0 Å². The summed E-state index contributed by atoms with van der Waals surface area (Å²) in [5, 5.41) is 11.2. The smallest absolute Gasteiger partial charge is 0.313 e. The fourth-order valence-electron chi connectivity index (χ4n) is 2.09. The highest BCUT2D eigenvalue weighted by Gasteiger charge is 2.31. The van der Waals surface area contributed by atoms with Gasteiger partial charge in [-0.1, -0.05) is 0 Å². The van der Waals surface area contributed by atoms with E-state index in [0.717, 1.165) is 24.6 Å². The van der Waals surface area contributed by atoms with Crippen LogP contribution in [0.15, 0.2) is 0 Å². The van der Waals surface area contributed by atoms with Gasteiger partial charge in [0.2, 0.25) is 5.91 Å². The van der Waals surface area contributed by atoms with Gasteiger partial charge >= 0.3 is 17.8 Å². The fourth-order valence-corrected chi connectivity index (χ4v) is 2.73. The molecule has 0 radical (unpaired) electrons. The van der Waals surface area contributed by atoms with Gasteiger partial charge in [0.1, 0.15) is 0 Å². The molecule has 0 aromatic heterocycles. The summed E-state index contributed by atoms with van der Waals surface area (Å²) in [6.45, 7) is 1.39. The Hall–Kier alpha value is -1.77. The number of nitrogens with one attached hydrogen (secondary N) is 1. The molecule has 1 aliphatic heterocycles. The van der Waals surface area contributed by atoms with Gasteiger partial charge in [0, 0.05) is 32.2 Å². The normalized spacial score (nSPS) is 18.0. The second-order valence-electron chi connectivity index (χ2n) is 5.31. The molecule has 2 aliphatic rings. The maximum Gasteiger partial charge on any atom is 0.313 e. The zero-order valence-electron chi connectivity index (χ0n) is 12.1. The summed E-state index contributed by atoms with van der Waals surface area (Å²) in [5.74, 6) is -2.19. The third kappa shape index (κ3) is 4.90. The Bertz CT molecular complexity index is 472. The highest BCUT2D eigenvalue weighted by atomic mass is 32.2. The predicted octanol–water partition coefficient (Wildman–Crippen LogP) is -1.25. The predicted molar refractivity (Wildman–Crippen MR) is 79.3 cm³/mol. The molecule has 122 valence electrons. The molecule has 0 atom stereocenters. The fraction of sp³-hybridized carbons (Fsp3) is 0.692. The SMILES string of the molecule is O=C(O)CSCC(=O)N1CCN(C(=O)C(=O)NC2CC2)CC1. The summed E-state index contributed by atoms with van der Waals surface area (Å²) in [6, 6.07) is 0.144. The molecule has 1 saturated heterocycles. The molecule has 1 heterocycles. The van der Waals surface area contributed by atoms with Crippen LogP contribution in [0.5, 0.6) is 0 Å². The number of amides is 3. The van der Waals surface area contributed by atoms with Crippen molar-refractivity contribution in [2.45, 2.75) is 18.9 Å². The van der Waals surface area contributed by atoms with Crippen molar-refractivity contribution in [2.24, 2.45) is 0 Å². The number of hydrogen-bond donors (Lipinski definition) is 2. The van der Waals surface area contributed by atoms with Gasteiger partial charge in [0.05, 0.1) is 11.5 Å². The zero-order chi connectivity index (χ0) is 16.1. The minimum Gasteiger partial charge on any atom is -0.481 e. The lowest BCUT2D eigenvalue weighted by atomic mass is 10.3. The van der Waals surface area contributed by atoms with Crippen molar-refractivity contribution in [3.05, 3.63) is 0 Å². The van der Waals surface area contributed by atoms with Gasteiger partial charge in [-0.15, -0.1) is 11.8 Å². The number of carbonyl (C=O) groups is 4. The molecule has 0 unspecified atom stereocenters. The Morgan fingerprint density at radius 2 is 1.59 bits per heavy atom. The molecule has 0 aromatic rings. The highest BCUT2D eigenvalue weighted by Crippen LogP contribution is 2.18. The topological polar surface area (TPSA) is 107 Å². The van der Waals surface area contributed by atoms with Crippen LogP contribution in [0.3, 0.4) is 0 Å². The number of carboxylic acids is 1. The molecule has 1 aliphatic carbocycles. The monoisotopic (exact) mass is 329 g/mol. The molecule has 9 heteroatoms. The van der Waals surface area contributed by atoms with Gasteiger partial charge in [-0.05, 0) is 12.8 Å². The molecule has 0 bridgehead atoms. The number of thioether (sulfide) groups is 1. The third-order valence-corrected chi connectivity index (χ3v) is 4.38. The lowest BCUT2D eigenvalue weighted by Crippen LogP contribution is -2.54.